The Kier molecular flexibility index (Phi) is 9.40. The van der Waals surface area contributed by atoms with E-state index in [0.717, 1.165) is 24.7 Å². The van der Waals surface area contributed by atoms with Gasteiger partial charge in [-0.15, -0.1) is 0 Å². The zero-order valence-corrected chi connectivity index (χ0v) is 24.7. The number of aromatic nitrogens is 1. The van der Waals surface area contributed by atoms with Crippen molar-refractivity contribution in [2.45, 2.75) is 38.6 Å². The number of carbonyl (C=O) groups is 2. The highest BCUT2D eigenvalue weighted by atomic mass is 19.4. The second-order valence-electron chi connectivity index (χ2n) is 11.4. The average molecular weight is 612 g/mol. The van der Waals surface area contributed by atoms with Crippen molar-refractivity contribution in [2.75, 3.05) is 51.6 Å². The lowest BCUT2D eigenvalue weighted by molar-refractivity contribution is -0.138. The van der Waals surface area contributed by atoms with Gasteiger partial charge < -0.3 is 24.8 Å². The molecule has 3 heterocycles. The summed E-state index contributed by atoms with van der Waals surface area (Å²) in [5.74, 6) is -0.265. The number of pyridine rings is 1. The van der Waals surface area contributed by atoms with E-state index in [0.29, 0.717) is 56.0 Å². The molecule has 2 fully saturated rings. The number of H-pyrrole nitrogens is 1. The summed E-state index contributed by atoms with van der Waals surface area (Å²) in [6.07, 6.45) is -2.18. The van der Waals surface area contributed by atoms with Gasteiger partial charge in [0.25, 0.3) is 11.8 Å². The number of alkyl halides is 3. The zero-order valence-electron chi connectivity index (χ0n) is 24.7. The summed E-state index contributed by atoms with van der Waals surface area (Å²) in [7, 11) is 1.99. The van der Waals surface area contributed by atoms with Gasteiger partial charge in [0.15, 0.2) is 0 Å². The van der Waals surface area contributed by atoms with Crippen molar-refractivity contribution in [1.29, 1.82) is 0 Å². The standard InChI is InChI=1S/C32H36F3N5O4/c1-21-3-7-25(18-28(21)44-26-9-11-40(12-10-26)31(43)23-6-8-29(41)36-19-23)37-30(42)22-4-5-24(27(17-22)32(33,34)35)20-39-15-13-38(2)14-16-39/h3-8,17-19,26H,9-16,20H2,1-2H3,(H,36,41)(H,37,42). The number of amides is 2. The van der Waals surface area contributed by atoms with Gasteiger partial charge in [-0.3, -0.25) is 19.3 Å². The summed E-state index contributed by atoms with van der Waals surface area (Å²) in [5.41, 5.74) is 0.637. The smallest absolute Gasteiger partial charge is 0.416 e. The number of carbonyl (C=O) groups excluding carboxylic acids is 2. The monoisotopic (exact) mass is 611 g/mol. The molecule has 0 radical (unpaired) electrons. The SMILES string of the molecule is Cc1ccc(NC(=O)c2ccc(CN3CCN(C)CC3)c(C(F)(F)F)c2)cc1OC1CCN(C(=O)c2ccc(=O)[nH]c2)CC1. The maximum absolute atomic E-state index is 14.0. The Bertz CT molecular complexity index is 1540. The van der Waals surface area contributed by atoms with Crippen molar-refractivity contribution < 1.29 is 27.5 Å². The molecule has 234 valence electrons. The first-order chi connectivity index (χ1) is 21.0. The minimum Gasteiger partial charge on any atom is -0.490 e. The van der Waals surface area contributed by atoms with E-state index in [1.54, 1.807) is 23.1 Å². The van der Waals surface area contributed by atoms with Crippen LogP contribution >= 0.6 is 0 Å². The molecule has 44 heavy (non-hydrogen) atoms. The van der Waals surface area contributed by atoms with Gasteiger partial charge in [-0.1, -0.05) is 12.1 Å². The zero-order chi connectivity index (χ0) is 31.4. The highest BCUT2D eigenvalue weighted by Gasteiger charge is 2.35. The maximum atomic E-state index is 14.0. The number of anilines is 1. The van der Waals surface area contributed by atoms with Gasteiger partial charge in [0, 0.05) is 88.2 Å². The summed E-state index contributed by atoms with van der Waals surface area (Å²) in [6, 6.07) is 11.7. The predicted octanol–water partition coefficient (Wildman–Crippen LogP) is 4.39. The molecule has 5 rings (SSSR count). The van der Waals surface area contributed by atoms with Gasteiger partial charge in [0.2, 0.25) is 5.56 Å². The number of benzene rings is 2. The number of rotatable bonds is 7. The normalized spacial score (nSPS) is 17.0. The van der Waals surface area contributed by atoms with Crippen LogP contribution in [0.2, 0.25) is 0 Å². The Labute approximate surface area is 253 Å². The fraction of sp³-hybridized carbons (Fsp3) is 0.406. The number of ether oxygens (including phenoxy) is 1. The number of halogens is 3. The molecular weight excluding hydrogens is 575 g/mol. The molecule has 3 aromatic rings. The number of likely N-dealkylation sites (tertiary alicyclic amines) is 1. The molecule has 0 saturated carbocycles. The third-order valence-electron chi connectivity index (χ3n) is 8.17. The van der Waals surface area contributed by atoms with Crippen molar-refractivity contribution in [3.63, 3.8) is 0 Å². The third kappa shape index (κ3) is 7.67. The molecular formula is C32H36F3N5O4. The molecule has 2 saturated heterocycles. The molecule has 9 nitrogen and oxygen atoms in total. The number of nitrogens with zero attached hydrogens (tertiary/aromatic N) is 3. The van der Waals surface area contributed by atoms with Crippen LogP contribution < -0.4 is 15.6 Å². The van der Waals surface area contributed by atoms with Crippen LogP contribution in [0.3, 0.4) is 0 Å². The first-order valence-electron chi connectivity index (χ1n) is 14.6. The number of likely N-dealkylation sites (N-methyl/N-ethyl adjacent to an activating group) is 1. The summed E-state index contributed by atoms with van der Waals surface area (Å²) in [5, 5.41) is 2.71. The number of piperidine rings is 1. The highest BCUT2D eigenvalue weighted by molar-refractivity contribution is 6.04. The molecule has 2 aromatic carbocycles. The Morgan fingerprint density at radius 2 is 1.66 bits per heavy atom. The molecule has 2 aliphatic heterocycles. The van der Waals surface area contributed by atoms with Crippen LogP contribution in [0.4, 0.5) is 18.9 Å². The first-order valence-corrected chi connectivity index (χ1v) is 14.6. The third-order valence-corrected chi connectivity index (χ3v) is 8.17. The molecule has 12 heteroatoms. The van der Waals surface area contributed by atoms with Crippen LogP contribution in [0.25, 0.3) is 0 Å². The van der Waals surface area contributed by atoms with Crippen molar-refractivity contribution in [3.8, 4) is 5.75 Å². The molecule has 0 atom stereocenters. The van der Waals surface area contributed by atoms with Crippen LogP contribution in [0.15, 0.2) is 59.5 Å². The average Bonchev–Trinajstić information content (AvgIpc) is 3.00. The van der Waals surface area contributed by atoms with Crippen LogP contribution in [-0.2, 0) is 12.7 Å². The van der Waals surface area contributed by atoms with Crippen molar-refractivity contribution in [3.05, 3.63) is 92.9 Å². The van der Waals surface area contributed by atoms with Gasteiger partial charge in [0.1, 0.15) is 11.9 Å². The molecule has 2 aliphatic rings. The fourth-order valence-corrected chi connectivity index (χ4v) is 5.46. The van der Waals surface area contributed by atoms with E-state index in [1.165, 1.54) is 30.5 Å². The Hall–Kier alpha value is -4.16. The fourth-order valence-electron chi connectivity index (χ4n) is 5.46. The Balaban J connectivity index is 1.21. The highest BCUT2D eigenvalue weighted by Crippen LogP contribution is 2.34. The quantitative estimate of drug-likeness (QED) is 0.412. The summed E-state index contributed by atoms with van der Waals surface area (Å²) in [6.45, 7) is 5.94. The second kappa shape index (κ2) is 13.2. The Morgan fingerprint density at radius 3 is 2.32 bits per heavy atom. The number of aromatic amines is 1. The van der Waals surface area contributed by atoms with E-state index in [-0.39, 0.29) is 35.2 Å². The van der Waals surface area contributed by atoms with Crippen LogP contribution in [-0.4, -0.2) is 83.9 Å². The van der Waals surface area contributed by atoms with E-state index in [2.05, 4.69) is 15.2 Å². The topological polar surface area (TPSA) is 98.0 Å². The van der Waals surface area contributed by atoms with Crippen molar-refractivity contribution in [2.24, 2.45) is 0 Å². The van der Waals surface area contributed by atoms with Gasteiger partial charge in [0.05, 0.1) is 11.1 Å². The van der Waals surface area contributed by atoms with Gasteiger partial charge >= 0.3 is 6.18 Å². The van der Waals surface area contributed by atoms with Gasteiger partial charge in [-0.05, 0) is 49.4 Å². The lowest BCUT2D eigenvalue weighted by Gasteiger charge is -2.33. The van der Waals surface area contributed by atoms with Crippen molar-refractivity contribution >= 4 is 17.5 Å². The number of piperazine rings is 1. The van der Waals surface area contributed by atoms with Crippen LogP contribution in [0.1, 0.15) is 50.2 Å². The molecule has 2 N–H and O–H groups in total. The number of hydrogen-bond donors (Lipinski definition) is 2. The molecule has 0 unspecified atom stereocenters. The first kappa shape index (κ1) is 31.3. The lowest BCUT2D eigenvalue weighted by Crippen LogP contribution is -2.44. The largest absolute Gasteiger partial charge is 0.490 e. The molecule has 0 aliphatic carbocycles. The van der Waals surface area contributed by atoms with Gasteiger partial charge in [-0.2, -0.15) is 13.2 Å². The van der Waals surface area contributed by atoms with Crippen molar-refractivity contribution in [1.82, 2.24) is 19.7 Å². The van der Waals surface area contributed by atoms with E-state index in [1.807, 2.05) is 18.9 Å². The minimum absolute atomic E-state index is 0.0815. The van der Waals surface area contributed by atoms with Crippen LogP contribution in [0.5, 0.6) is 5.75 Å². The van der Waals surface area contributed by atoms with E-state index in [9.17, 15) is 27.6 Å². The Morgan fingerprint density at radius 1 is 0.955 bits per heavy atom. The predicted molar refractivity (Wildman–Crippen MR) is 160 cm³/mol. The summed E-state index contributed by atoms with van der Waals surface area (Å²) >= 11 is 0. The summed E-state index contributed by atoms with van der Waals surface area (Å²) < 4.78 is 48.3. The van der Waals surface area contributed by atoms with E-state index >= 15 is 0 Å². The number of nitrogens with one attached hydrogen (secondary N) is 2. The van der Waals surface area contributed by atoms with E-state index < -0.39 is 17.6 Å². The number of aryl methyl sites for hydroxylation is 1. The number of hydrogen-bond acceptors (Lipinski definition) is 6. The molecule has 0 spiro atoms. The summed E-state index contributed by atoms with van der Waals surface area (Å²) in [4.78, 5) is 45.4. The van der Waals surface area contributed by atoms with Gasteiger partial charge in [-0.25, -0.2) is 0 Å². The molecule has 2 amide bonds. The van der Waals surface area contributed by atoms with E-state index in [4.69, 9.17) is 4.74 Å². The molecule has 1 aromatic heterocycles. The second-order valence-corrected chi connectivity index (χ2v) is 11.4. The minimum atomic E-state index is -4.59. The maximum Gasteiger partial charge on any atom is 0.416 e. The lowest BCUT2D eigenvalue weighted by atomic mass is 10.0. The van der Waals surface area contributed by atoms with Crippen LogP contribution in [0, 0.1) is 6.92 Å². The molecule has 0 bridgehead atoms.